The minimum Gasteiger partial charge on any atom is -0.346 e. The molecular formula is C24H26N2O3S. The predicted molar refractivity (Wildman–Crippen MR) is 120 cm³/mol. The molecule has 1 amide bonds. The van der Waals surface area contributed by atoms with Gasteiger partial charge in [0.05, 0.1) is 16.6 Å². The summed E-state index contributed by atoms with van der Waals surface area (Å²) in [6.45, 7) is 6.02. The average Bonchev–Trinajstić information content (AvgIpc) is 2.73. The van der Waals surface area contributed by atoms with Crippen LogP contribution >= 0.6 is 0 Å². The molecule has 5 nitrogen and oxygen atoms in total. The van der Waals surface area contributed by atoms with Crippen molar-refractivity contribution >= 4 is 21.6 Å². The summed E-state index contributed by atoms with van der Waals surface area (Å²) in [5.41, 5.74) is 4.34. The number of benzene rings is 3. The van der Waals surface area contributed by atoms with Gasteiger partial charge in [-0.05, 0) is 68.3 Å². The molecule has 0 unspecified atom stereocenters. The van der Waals surface area contributed by atoms with Crippen LogP contribution in [0.3, 0.4) is 0 Å². The third kappa shape index (κ3) is 4.54. The number of nitrogens with one attached hydrogen (secondary N) is 1. The number of rotatable bonds is 6. The highest BCUT2D eigenvalue weighted by molar-refractivity contribution is 7.92. The molecule has 1 N–H and O–H groups in total. The van der Waals surface area contributed by atoms with Crippen LogP contribution in [0, 0.1) is 13.8 Å². The molecule has 0 saturated carbocycles. The first-order valence-corrected chi connectivity index (χ1v) is 11.2. The molecule has 30 heavy (non-hydrogen) atoms. The lowest BCUT2D eigenvalue weighted by Crippen LogP contribution is -2.28. The maximum Gasteiger partial charge on any atom is 0.264 e. The summed E-state index contributed by atoms with van der Waals surface area (Å²) in [6.07, 6.45) is 0. The number of nitrogens with zero attached hydrogens (tertiary/aromatic N) is 1. The van der Waals surface area contributed by atoms with Crippen molar-refractivity contribution in [2.45, 2.75) is 31.7 Å². The molecule has 0 heterocycles. The van der Waals surface area contributed by atoms with E-state index in [-0.39, 0.29) is 16.8 Å². The van der Waals surface area contributed by atoms with Gasteiger partial charge in [0.2, 0.25) is 0 Å². The molecule has 1 atom stereocenters. The summed E-state index contributed by atoms with van der Waals surface area (Å²) in [7, 11) is -2.16. The molecule has 3 rings (SSSR count). The summed E-state index contributed by atoms with van der Waals surface area (Å²) >= 11 is 0. The van der Waals surface area contributed by atoms with E-state index in [1.54, 1.807) is 54.6 Å². The maximum absolute atomic E-state index is 12.8. The number of anilines is 1. The highest BCUT2D eigenvalue weighted by atomic mass is 32.2. The molecule has 156 valence electrons. The fraction of sp³-hybridized carbons (Fsp3) is 0.208. The normalized spacial score (nSPS) is 12.3. The minimum atomic E-state index is -3.66. The van der Waals surface area contributed by atoms with Gasteiger partial charge in [0.25, 0.3) is 15.9 Å². The lowest BCUT2D eigenvalue weighted by molar-refractivity contribution is 0.0940. The molecule has 6 heteroatoms. The summed E-state index contributed by atoms with van der Waals surface area (Å²) < 4.78 is 26.7. The molecule has 3 aromatic carbocycles. The second-order valence-corrected chi connectivity index (χ2v) is 9.36. The van der Waals surface area contributed by atoms with Gasteiger partial charge in [0.15, 0.2) is 0 Å². The van der Waals surface area contributed by atoms with Gasteiger partial charge in [-0.1, -0.05) is 42.0 Å². The van der Waals surface area contributed by atoms with Gasteiger partial charge in [-0.3, -0.25) is 9.10 Å². The summed E-state index contributed by atoms with van der Waals surface area (Å²) in [6, 6.07) is 20.8. The van der Waals surface area contributed by atoms with Gasteiger partial charge in [-0.2, -0.15) is 0 Å². The highest BCUT2D eigenvalue weighted by Gasteiger charge is 2.21. The number of amides is 1. The van der Waals surface area contributed by atoms with E-state index in [0.717, 1.165) is 11.1 Å². The van der Waals surface area contributed by atoms with E-state index in [0.29, 0.717) is 11.3 Å². The van der Waals surface area contributed by atoms with E-state index < -0.39 is 10.0 Å². The van der Waals surface area contributed by atoms with Crippen LogP contribution < -0.4 is 9.62 Å². The highest BCUT2D eigenvalue weighted by Crippen LogP contribution is 2.23. The van der Waals surface area contributed by atoms with Gasteiger partial charge < -0.3 is 5.32 Å². The molecule has 0 spiro atoms. The van der Waals surface area contributed by atoms with Crippen LogP contribution in [0.15, 0.2) is 77.7 Å². The van der Waals surface area contributed by atoms with Crippen molar-refractivity contribution in [1.29, 1.82) is 0 Å². The quantitative estimate of drug-likeness (QED) is 0.630. The second-order valence-electron chi connectivity index (χ2n) is 7.39. The number of hydrogen-bond acceptors (Lipinski definition) is 3. The lowest BCUT2D eigenvalue weighted by Gasteiger charge is -2.20. The first-order valence-electron chi connectivity index (χ1n) is 9.72. The first kappa shape index (κ1) is 21.6. The van der Waals surface area contributed by atoms with Gasteiger partial charge in [0, 0.05) is 12.6 Å². The zero-order valence-electron chi connectivity index (χ0n) is 17.6. The van der Waals surface area contributed by atoms with Crippen LogP contribution in [0.1, 0.15) is 40.0 Å². The summed E-state index contributed by atoms with van der Waals surface area (Å²) in [5.74, 6) is -0.206. The van der Waals surface area contributed by atoms with E-state index in [4.69, 9.17) is 0 Å². The Kier molecular flexibility index (Phi) is 6.27. The van der Waals surface area contributed by atoms with Crippen LogP contribution in [0.4, 0.5) is 5.69 Å². The van der Waals surface area contributed by atoms with Gasteiger partial charge in [0.1, 0.15) is 0 Å². The Labute approximate surface area is 178 Å². The summed E-state index contributed by atoms with van der Waals surface area (Å²) in [4.78, 5) is 12.9. The third-order valence-electron chi connectivity index (χ3n) is 5.13. The van der Waals surface area contributed by atoms with Crippen molar-refractivity contribution in [2.75, 3.05) is 11.4 Å². The van der Waals surface area contributed by atoms with Gasteiger partial charge in [-0.15, -0.1) is 0 Å². The maximum atomic E-state index is 12.8. The fourth-order valence-electron chi connectivity index (χ4n) is 3.38. The molecule has 0 fully saturated rings. The Morgan fingerprint density at radius 3 is 2.17 bits per heavy atom. The number of sulfonamides is 1. The molecule has 0 aliphatic rings. The Morgan fingerprint density at radius 2 is 1.57 bits per heavy atom. The van der Waals surface area contributed by atoms with Gasteiger partial charge in [-0.25, -0.2) is 8.42 Å². The monoisotopic (exact) mass is 422 g/mol. The molecule has 0 aliphatic heterocycles. The molecule has 0 aliphatic carbocycles. The molecule has 0 saturated heterocycles. The van der Waals surface area contributed by atoms with E-state index in [2.05, 4.69) is 11.4 Å². The van der Waals surface area contributed by atoms with Crippen molar-refractivity contribution in [3.8, 4) is 0 Å². The van der Waals surface area contributed by atoms with Crippen LogP contribution in [0.5, 0.6) is 0 Å². The third-order valence-corrected chi connectivity index (χ3v) is 6.93. The van der Waals surface area contributed by atoms with E-state index >= 15 is 0 Å². The van der Waals surface area contributed by atoms with Crippen molar-refractivity contribution in [2.24, 2.45) is 0 Å². The van der Waals surface area contributed by atoms with Crippen LogP contribution in [-0.4, -0.2) is 21.4 Å². The topological polar surface area (TPSA) is 66.5 Å². The molecule has 0 radical (unpaired) electrons. The standard InChI is InChI=1S/C24H26N2O3S/c1-17-10-15-23(18(2)16-17)19(3)25-24(27)20-11-13-21(14-12-20)26(4)30(28,29)22-8-6-5-7-9-22/h5-16,19H,1-4H3,(H,25,27)/t19-/m0/s1. The van der Waals surface area contributed by atoms with Crippen LogP contribution in [0.25, 0.3) is 0 Å². The summed E-state index contributed by atoms with van der Waals surface area (Å²) in [5, 5.41) is 3.01. The lowest BCUT2D eigenvalue weighted by atomic mass is 10.00. The smallest absolute Gasteiger partial charge is 0.264 e. The molecular weight excluding hydrogens is 396 g/mol. The Hall–Kier alpha value is -3.12. The Morgan fingerprint density at radius 1 is 0.933 bits per heavy atom. The minimum absolute atomic E-state index is 0.140. The predicted octanol–water partition coefficient (Wildman–Crippen LogP) is 4.62. The second kappa shape index (κ2) is 8.71. The number of hydrogen-bond donors (Lipinski definition) is 1. The number of carbonyl (C=O) groups is 1. The van der Waals surface area contributed by atoms with Crippen molar-refractivity contribution in [3.05, 3.63) is 95.1 Å². The molecule has 0 bridgehead atoms. The molecule has 0 aromatic heterocycles. The van der Waals surface area contributed by atoms with Gasteiger partial charge >= 0.3 is 0 Å². The van der Waals surface area contributed by atoms with Crippen molar-refractivity contribution in [1.82, 2.24) is 5.32 Å². The Bertz CT molecular complexity index is 1140. The van der Waals surface area contributed by atoms with Crippen LogP contribution in [-0.2, 0) is 10.0 Å². The fourth-order valence-corrected chi connectivity index (χ4v) is 4.60. The van der Waals surface area contributed by atoms with Crippen LogP contribution in [0.2, 0.25) is 0 Å². The Balaban J connectivity index is 1.74. The van der Waals surface area contributed by atoms with E-state index in [9.17, 15) is 13.2 Å². The van der Waals surface area contributed by atoms with Crippen molar-refractivity contribution < 1.29 is 13.2 Å². The number of carbonyl (C=O) groups excluding carboxylic acids is 1. The van der Waals surface area contributed by atoms with Crippen molar-refractivity contribution in [3.63, 3.8) is 0 Å². The largest absolute Gasteiger partial charge is 0.346 e. The zero-order chi connectivity index (χ0) is 21.9. The zero-order valence-corrected chi connectivity index (χ0v) is 18.4. The average molecular weight is 423 g/mol. The SMILES string of the molecule is Cc1ccc([C@H](C)NC(=O)c2ccc(N(C)S(=O)(=O)c3ccccc3)cc2)c(C)c1. The van der Waals surface area contributed by atoms with E-state index in [1.165, 1.54) is 16.9 Å². The number of aryl methyl sites for hydroxylation is 2. The first-order chi connectivity index (χ1) is 14.2. The van der Waals surface area contributed by atoms with E-state index in [1.807, 2.05) is 32.9 Å². The molecule has 3 aromatic rings.